The minimum atomic E-state index is 0. The molecule has 0 saturated heterocycles. The van der Waals surface area contributed by atoms with Crippen molar-refractivity contribution in [3.8, 4) is 22.3 Å². The largest absolute Gasteiger partial charge is 1.00 e. The Morgan fingerprint density at radius 2 is 1.02 bits per heavy atom. The molecule has 0 aliphatic rings. The van der Waals surface area contributed by atoms with Crippen molar-refractivity contribution in [2.75, 3.05) is 0 Å². The number of hydrogen-bond donors (Lipinski definition) is 0. The molecule has 0 nitrogen and oxygen atoms in total. The zero-order valence-electron chi connectivity index (χ0n) is 27.7. The van der Waals surface area contributed by atoms with E-state index in [9.17, 15) is 0 Å². The fraction of sp³-hybridized carbons (Fsp3) is 0.268. The van der Waals surface area contributed by atoms with Crippen LogP contribution in [-0.4, -0.2) is 5.43 Å². The zero-order chi connectivity index (χ0) is 30.8. The van der Waals surface area contributed by atoms with Gasteiger partial charge in [-0.05, 0) is 41.5 Å². The van der Waals surface area contributed by atoms with E-state index >= 15 is 0 Å². The molecule has 0 saturated carbocycles. The molecule has 6 aromatic carbocycles. The third-order valence-corrected chi connectivity index (χ3v) is 7.72. The normalized spacial score (nSPS) is 10.2. The van der Waals surface area contributed by atoms with Gasteiger partial charge in [0.25, 0.3) is 0 Å². The van der Waals surface area contributed by atoms with Crippen molar-refractivity contribution in [3.05, 3.63) is 131 Å². The monoisotopic (exact) mass is 726 g/mol. The summed E-state index contributed by atoms with van der Waals surface area (Å²) >= 11 is 1.74. The van der Waals surface area contributed by atoms with Gasteiger partial charge in [-0.1, -0.05) is 112 Å². The minimum absolute atomic E-state index is 0. The molecule has 4 heteroatoms. The van der Waals surface area contributed by atoms with Crippen molar-refractivity contribution in [1.82, 2.24) is 0 Å². The average Bonchev–Trinajstić information content (AvgIpc) is 3.61. The van der Waals surface area contributed by atoms with Crippen LogP contribution in [0.25, 0.3) is 43.8 Å². The Kier molecular flexibility index (Phi) is 16.8. The fourth-order valence-electron chi connectivity index (χ4n) is 5.67. The summed E-state index contributed by atoms with van der Waals surface area (Å²) in [5.74, 6) is 0. The molecule has 6 aromatic rings. The third-order valence-electron chi connectivity index (χ3n) is 7.72. The first-order chi connectivity index (χ1) is 20.8. The number of halogens is 2. The number of benzene rings is 4. The van der Waals surface area contributed by atoms with Gasteiger partial charge in [-0.15, -0.1) is 69.1 Å². The van der Waals surface area contributed by atoms with Gasteiger partial charge in [-0.2, -0.15) is 12.1 Å². The van der Waals surface area contributed by atoms with Crippen LogP contribution in [0.1, 0.15) is 55.9 Å². The Bertz CT molecular complexity index is 1750. The van der Waals surface area contributed by atoms with Gasteiger partial charge in [0.15, 0.2) is 0 Å². The van der Waals surface area contributed by atoms with Crippen molar-refractivity contribution in [3.63, 3.8) is 0 Å². The first-order valence-electron chi connectivity index (χ1n) is 15.9. The van der Waals surface area contributed by atoms with Crippen LogP contribution in [0.2, 0.25) is 13.1 Å². The van der Waals surface area contributed by atoms with Crippen LogP contribution < -0.4 is 24.8 Å². The van der Waals surface area contributed by atoms with Crippen LogP contribution in [0.3, 0.4) is 0 Å². The second-order valence-corrected chi connectivity index (χ2v) is 21.1. The molecule has 234 valence electrons. The van der Waals surface area contributed by atoms with E-state index in [0.717, 1.165) is 6.42 Å². The smallest absolute Gasteiger partial charge is 1.00 e. The van der Waals surface area contributed by atoms with E-state index in [4.69, 9.17) is 0 Å². The van der Waals surface area contributed by atoms with Crippen molar-refractivity contribution in [2.24, 2.45) is 0 Å². The van der Waals surface area contributed by atoms with Crippen LogP contribution in [0, 0.1) is 6.92 Å². The van der Waals surface area contributed by atoms with Crippen molar-refractivity contribution < 1.29 is 48.1 Å². The molecular formula is C41H46Cl2SiZr-2. The summed E-state index contributed by atoms with van der Waals surface area (Å²) in [6.45, 7) is 13.4. The van der Waals surface area contributed by atoms with Crippen molar-refractivity contribution in [2.45, 2.75) is 72.9 Å². The van der Waals surface area contributed by atoms with Crippen LogP contribution >= 0.6 is 0 Å². The van der Waals surface area contributed by atoms with E-state index in [1.165, 1.54) is 91.7 Å². The summed E-state index contributed by atoms with van der Waals surface area (Å²) in [7, 11) is 0. The second-order valence-electron chi connectivity index (χ2n) is 11.8. The number of hydrogen-bond acceptors (Lipinski definition) is 0. The molecule has 6 rings (SSSR count). The molecule has 0 aliphatic carbocycles. The molecular weight excluding hydrogens is 683 g/mol. The predicted molar refractivity (Wildman–Crippen MR) is 190 cm³/mol. The van der Waals surface area contributed by atoms with E-state index < -0.39 is 0 Å². The van der Waals surface area contributed by atoms with E-state index in [1.54, 1.807) is 23.3 Å². The molecule has 0 fully saturated rings. The fourth-order valence-corrected chi connectivity index (χ4v) is 5.67. The summed E-state index contributed by atoms with van der Waals surface area (Å²) in [4.78, 5) is 0. The zero-order valence-corrected chi connectivity index (χ0v) is 32.7. The van der Waals surface area contributed by atoms with Gasteiger partial charge in [0.2, 0.25) is 0 Å². The van der Waals surface area contributed by atoms with Crippen LogP contribution in [0.15, 0.2) is 109 Å². The molecule has 45 heavy (non-hydrogen) atoms. The number of rotatable bonds is 7. The minimum Gasteiger partial charge on any atom is -1.00 e. The van der Waals surface area contributed by atoms with Crippen molar-refractivity contribution in [1.29, 1.82) is 0 Å². The van der Waals surface area contributed by atoms with E-state index in [2.05, 4.69) is 150 Å². The predicted octanol–water partition coefficient (Wildman–Crippen LogP) is 6.02. The molecule has 0 radical (unpaired) electrons. The molecule has 0 spiro atoms. The maximum Gasteiger partial charge on any atom is -1.00 e. The maximum atomic E-state index is 2.34. The first-order valence-corrected chi connectivity index (χ1v) is 22.1. The van der Waals surface area contributed by atoms with Gasteiger partial charge in [0.1, 0.15) is 0 Å². The summed E-state index contributed by atoms with van der Waals surface area (Å²) in [5.41, 5.74) is 11.2. The Balaban J connectivity index is 0.000000270. The van der Waals surface area contributed by atoms with Gasteiger partial charge in [-0.25, -0.2) is 0 Å². The average molecular weight is 729 g/mol. The molecule has 0 heterocycles. The molecule has 0 aliphatic heterocycles. The maximum absolute atomic E-state index is 2.34. The number of fused-ring (bicyclic) bond motifs is 2. The van der Waals surface area contributed by atoms with Gasteiger partial charge < -0.3 is 24.8 Å². The Labute approximate surface area is 299 Å². The molecule has 0 N–H and O–H groups in total. The molecule has 0 atom stereocenters. The Hall–Kier alpha value is -2.22. The Morgan fingerprint density at radius 3 is 1.44 bits per heavy atom. The van der Waals surface area contributed by atoms with Crippen LogP contribution in [0.4, 0.5) is 0 Å². The number of aryl methyl sites for hydroxylation is 4. The Morgan fingerprint density at radius 1 is 0.600 bits per heavy atom. The summed E-state index contributed by atoms with van der Waals surface area (Å²) < 4.78 is 0. The van der Waals surface area contributed by atoms with Gasteiger partial charge in [0.05, 0.1) is 0 Å². The van der Waals surface area contributed by atoms with Crippen LogP contribution in [0.5, 0.6) is 0 Å². The standard InChI is InChI=1S/C20H21.C19H19.C2H6Si.2ClH.Zr/c1-3-6-16-9-11-17(12-10-16)19-8-5-7-18-13-15(4-2)14-20(18)19;1-3-5-15-8-10-16(11-9-15)18-7-4-6-17-12-14(2)13-19(17)18;1-3-2;;;/h5,7-14H,3-4,6H2,1-2H3;4,6-13H,3,5H2,1-2H3;1-2H3;2*1H;/q2*-1;;;;+2/p-2. The van der Waals surface area contributed by atoms with Crippen molar-refractivity contribution >= 4 is 27.0 Å². The van der Waals surface area contributed by atoms with Gasteiger partial charge in [-0.3, -0.25) is 0 Å². The summed E-state index contributed by atoms with van der Waals surface area (Å²) in [5, 5.41) is 5.44. The summed E-state index contributed by atoms with van der Waals surface area (Å²) in [6.07, 6.45) is 5.85. The van der Waals surface area contributed by atoms with E-state index in [1.807, 2.05) is 0 Å². The van der Waals surface area contributed by atoms with E-state index in [-0.39, 0.29) is 30.2 Å². The topological polar surface area (TPSA) is 0 Å². The SMILES string of the molecule is CCCc1ccc(-c2cccc3[cH-]c(C)cc23)cc1.CCCc1ccc(-c2cccc3[cH-]c(CC)cc23)cc1.C[Si](C)=[Zr+2].[Cl-].[Cl-]. The van der Waals surface area contributed by atoms with Gasteiger partial charge in [0, 0.05) is 0 Å². The van der Waals surface area contributed by atoms with Gasteiger partial charge >= 0.3 is 41.9 Å². The molecule has 0 unspecified atom stereocenters. The second kappa shape index (κ2) is 19.4. The molecule has 0 amide bonds. The van der Waals surface area contributed by atoms with E-state index in [0.29, 0.717) is 0 Å². The molecule has 0 bridgehead atoms. The first kappa shape index (κ1) is 39.0. The summed E-state index contributed by atoms with van der Waals surface area (Å²) in [6, 6.07) is 40.4. The quantitative estimate of drug-likeness (QED) is 0.140. The van der Waals surface area contributed by atoms with Crippen LogP contribution in [-0.2, 0) is 42.6 Å². The molecule has 0 aromatic heterocycles. The third kappa shape index (κ3) is 10.9.